The lowest BCUT2D eigenvalue weighted by atomic mass is 10.1. The minimum atomic E-state index is 0.175. The Morgan fingerprint density at radius 2 is 1.67 bits per heavy atom. The lowest BCUT2D eigenvalue weighted by Crippen LogP contribution is -2.31. The number of nitrogens with two attached hydrogens (primary N) is 1. The molecule has 0 radical (unpaired) electrons. The molecule has 1 aliphatic heterocycles. The fraction of sp³-hybridized carbons (Fsp3) is 0.350. The summed E-state index contributed by atoms with van der Waals surface area (Å²) in [5.41, 5.74) is 9.01. The molecule has 4 nitrogen and oxygen atoms in total. The Morgan fingerprint density at radius 1 is 0.958 bits per heavy atom. The third-order valence-electron chi connectivity index (χ3n) is 4.44. The van der Waals surface area contributed by atoms with E-state index >= 15 is 0 Å². The zero-order valence-electron chi connectivity index (χ0n) is 14.0. The van der Waals surface area contributed by atoms with Gasteiger partial charge in [-0.3, -0.25) is 4.79 Å². The summed E-state index contributed by atoms with van der Waals surface area (Å²) in [7, 11) is 0. The van der Waals surface area contributed by atoms with Crippen molar-refractivity contribution < 1.29 is 4.79 Å². The zero-order chi connectivity index (χ0) is 16.8. The normalized spacial score (nSPS) is 14.2. The molecule has 0 aliphatic carbocycles. The first-order valence-corrected chi connectivity index (χ1v) is 8.68. The maximum atomic E-state index is 12.6. The van der Waals surface area contributed by atoms with Crippen molar-refractivity contribution in [3.63, 3.8) is 0 Å². The first-order valence-electron chi connectivity index (χ1n) is 8.68. The van der Waals surface area contributed by atoms with Crippen LogP contribution in [0.5, 0.6) is 0 Å². The number of rotatable bonds is 5. The van der Waals surface area contributed by atoms with E-state index in [9.17, 15) is 4.79 Å². The number of fused-ring (bicyclic) bond motifs is 1. The molecular formula is C20H25N3O. The third kappa shape index (κ3) is 3.77. The Labute approximate surface area is 143 Å². The fourth-order valence-corrected chi connectivity index (χ4v) is 3.24. The Hall–Kier alpha value is -2.33. The number of hydrogen-bond donors (Lipinski definition) is 1. The van der Waals surface area contributed by atoms with Gasteiger partial charge in [-0.05, 0) is 37.1 Å². The van der Waals surface area contributed by atoms with Gasteiger partial charge in [-0.1, -0.05) is 42.5 Å². The highest BCUT2D eigenvalue weighted by Gasteiger charge is 2.24. The number of para-hydroxylation sites is 2. The summed E-state index contributed by atoms with van der Waals surface area (Å²) in [5, 5.41) is 0. The van der Waals surface area contributed by atoms with E-state index in [1.165, 1.54) is 5.56 Å². The molecule has 0 atom stereocenters. The van der Waals surface area contributed by atoms with Gasteiger partial charge in [0.25, 0.3) is 0 Å². The van der Waals surface area contributed by atoms with Gasteiger partial charge in [-0.2, -0.15) is 0 Å². The van der Waals surface area contributed by atoms with Crippen molar-refractivity contribution >= 4 is 17.3 Å². The quantitative estimate of drug-likeness (QED) is 0.919. The second-order valence-corrected chi connectivity index (χ2v) is 6.19. The Balaban J connectivity index is 1.86. The molecule has 0 saturated heterocycles. The van der Waals surface area contributed by atoms with E-state index in [-0.39, 0.29) is 5.91 Å². The molecule has 1 heterocycles. The van der Waals surface area contributed by atoms with E-state index in [0.717, 1.165) is 43.9 Å². The van der Waals surface area contributed by atoms with Crippen LogP contribution >= 0.6 is 0 Å². The zero-order valence-corrected chi connectivity index (χ0v) is 14.0. The summed E-state index contributed by atoms with van der Waals surface area (Å²) in [4.78, 5) is 16.9. The average molecular weight is 323 g/mol. The topological polar surface area (TPSA) is 49.6 Å². The van der Waals surface area contributed by atoms with Crippen LogP contribution in [0.2, 0.25) is 0 Å². The van der Waals surface area contributed by atoms with Gasteiger partial charge in [0, 0.05) is 26.1 Å². The van der Waals surface area contributed by atoms with Crippen molar-refractivity contribution in [3.8, 4) is 0 Å². The van der Waals surface area contributed by atoms with Gasteiger partial charge in [0.05, 0.1) is 11.4 Å². The van der Waals surface area contributed by atoms with Crippen molar-refractivity contribution in [1.29, 1.82) is 0 Å². The molecule has 2 aromatic carbocycles. The SMILES string of the molecule is NCCCC(=O)N1CCCN(Cc2ccccc2)c2ccccc21. The number of nitrogens with zero attached hydrogens (tertiary/aromatic N) is 2. The summed E-state index contributed by atoms with van der Waals surface area (Å²) >= 11 is 0. The smallest absolute Gasteiger partial charge is 0.227 e. The molecule has 0 unspecified atom stereocenters. The molecule has 0 spiro atoms. The van der Waals surface area contributed by atoms with E-state index < -0.39 is 0 Å². The predicted octanol–water partition coefficient (Wildman–Crippen LogP) is 3.17. The molecule has 0 bridgehead atoms. The Morgan fingerprint density at radius 3 is 2.42 bits per heavy atom. The lowest BCUT2D eigenvalue weighted by Gasteiger charge is -2.27. The molecule has 4 heteroatoms. The summed E-state index contributed by atoms with van der Waals surface area (Å²) in [6, 6.07) is 18.7. The van der Waals surface area contributed by atoms with Gasteiger partial charge in [-0.15, -0.1) is 0 Å². The van der Waals surface area contributed by atoms with Crippen LogP contribution in [0.15, 0.2) is 54.6 Å². The van der Waals surface area contributed by atoms with Crippen molar-refractivity contribution in [2.24, 2.45) is 5.73 Å². The van der Waals surface area contributed by atoms with Crippen molar-refractivity contribution in [3.05, 3.63) is 60.2 Å². The van der Waals surface area contributed by atoms with Crippen LogP contribution in [0.3, 0.4) is 0 Å². The molecule has 2 aromatic rings. The van der Waals surface area contributed by atoms with Gasteiger partial charge in [0.15, 0.2) is 0 Å². The van der Waals surface area contributed by atoms with Crippen LogP contribution in [0.25, 0.3) is 0 Å². The molecule has 0 fully saturated rings. The molecule has 2 N–H and O–H groups in total. The van der Waals surface area contributed by atoms with Gasteiger partial charge in [-0.25, -0.2) is 0 Å². The standard InChI is InChI=1S/C20H25N3O/c21-13-6-12-20(24)23-15-7-14-22(16-17-8-2-1-3-9-17)18-10-4-5-11-19(18)23/h1-5,8-11H,6-7,12-16,21H2. The number of amides is 1. The number of anilines is 2. The second-order valence-electron chi connectivity index (χ2n) is 6.19. The van der Waals surface area contributed by atoms with Gasteiger partial charge in [0.1, 0.15) is 0 Å². The summed E-state index contributed by atoms with van der Waals surface area (Å²) < 4.78 is 0. The van der Waals surface area contributed by atoms with Crippen LogP contribution in [0.1, 0.15) is 24.8 Å². The molecule has 3 rings (SSSR count). The monoisotopic (exact) mass is 323 g/mol. The van der Waals surface area contributed by atoms with Gasteiger partial charge in [0.2, 0.25) is 5.91 Å². The van der Waals surface area contributed by atoms with Crippen LogP contribution in [-0.4, -0.2) is 25.5 Å². The average Bonchev–Trinajstić information content (AvgIpc) is 2.81. The van der Waals surface area contributed by atoms with Crippen LogP contribution in [0, 0.1) is 0 Å². The van der Waals surface area contributed by atoms with Gasteiger partial charge >= 0.3 is 0 Å². The maximum Gasteiger partial charge on any atom is 0.227 e. The van der Waals surface area contributed by atoms with Crippen LogP contribution < -0.4 is 15.5 Å². The van der Waals surface area contributed by atoms with Crippen molar-refractivity contribution in [2.45, 2.75) is 25.8 Å². The lowest BCUT2D eigenvalue weighted by molar-refractivity contribution is -0.118. The van der Waals surface area contributed by atoms with Crippen LogP contribution in [0.4, 0.5) is 11.4 Å². The van der Waals surface area contributed by atoms with Crippen LogP contribution in [-0.2, 0) is 11.3 Å². The minimum absolute atomic E-state index is 0.175. The molecule has 1 aliphatic rings. The predicted molar refractivity (Wildman–Crippen MR) is 99.2 cm³/mol. The third-order valence-corrected chi connectivity index (χ3v) is 4.44. The highest BCUT2D eigenvalue weighted by Crippen LogP contribution is 2.33. The van der Waals surface area contributed by atoms with E-state index in [4.69, 9.17) is 5.73 Å². The highest BCUT2D eigenvalue weighted by molar-refractivity contribution is 5.97. The molecule has 24 heavy (non-hydrogen) atoms. The molecular weight excluding hydrogens is 298 g/mol. The highest BCUT2D eigenvalue weighted by atomic mass is 16.2. The van der Waals surface area contributed by atoms with E-state index in [1.54, 1.807) is 0 Å². The number of carbonyl (C=O) groups is 1. The van der Waals surface area contributed by atoms with Gasteiger partial charge < -0.3 is 15.5 Å². The van der Waals surface area contributed by atoms with Crippen molar-refractivity contribution in [1.82, 2.24) is 0 Å². The molecule has 1 amide bonds. The van der Waals surface area contributed by atoms with Crippen molar-refractivity contribution in [2.75, 3.05) is 29.4 Å². The largest absolute Gasteiger partial charge is 0.365 e. The second kappa shape index (κ2) is 7.97. The molecule has 126 valence electrons. The molecule has 0 saturated carbocycles. The molecule has 0 aromatic heterocycles. The summed E-state index contributed by atoms with van der Waals surface area (Å²) in [6.45, 7) is 3.14. The maximum absolute atomic E-state index is 12.6. The van der Waals surface area contributed by atoms with E-state index in [1.807, 2.05) is 23.1 Å². The minimum Gasteiger partial charge on any atom is -0.365 e. The number of benzene rings is 2. The first-order chi connectivity index (χ1) is 11.8. The summed E-state index contributed by atoms with van der Waals surface area (Å²) in [5.74, 6) is 0.175. The fourth-order valence-electron chi connectivity index (χ4n) is 3.24. The Bertz CT molecular complexity index is 672. The Kier molecular flexibility index (Phi) is 5.49. The number of carbonyl (C=O) groups excluding carboxylic acids is 1. The van der Waals surface area contributed by atoms with E-state index in [2.05, 4.69) is 41.3 Å². The summed E-state index contributed by atoms with van der Waals surface area (Å²) in [6.07, 6.45) is 2.23. The first kappa shape index (κ1) is 16.5. The van der Waals surface area contributed by atoms with E-state index in [0.29, 0.717) is 13.0 Å². The number of hydrogen-bond acceptors (Lipinski definition) is 3.